The molecule has 0 radical (unpaired) electrons. The van der Waals surface area contributed by atoms with Crippen LogP contribution in [0.4, 0.5) is 0 Å². The second-order valence-corrected chi connectivity index (χ2v) is 16.4. The topological polar surface area (TPSA) is 48.0 Å². The molecule has 6 heteroatoms. The summed E-state index contributed by atoms with van der Waals surface area (Å²) in [6, 6.07) is 0. The van der Waals surface area contributed by atoms with E-state index in [-0.39, 0.29) is 5.91 Å². The molecule has 0 saturated carbocycles. The van der Waals surface area contributed by atoms with Crippen molar-refractivity contribution in [3.63, 3.8) is 0 Å². The molecule has 0 heterocycles. The minimum Gasteiger partial charge on any atom is -0.376 e. The predicted molar refractivity (Wildman–Crippen MR) is 228 cm³/mol. The lowest BCUT2D eigenvalue weighted by Gasteiger charge is -2.21. The molecule has 0 aliphatic carbocycles. The maximum Gasteiger partial charge on any atom is 0.484 e. The largest absolute Gasteiger partial charge is 0.484 e. The lowest BCUT2D eigenvalue weighted by Crippen LogP contribution is -2.31. The highest BCUT2D eigenvalue weighted by molar-refractivity contribution is 6.36. The van der Waals surface area contributed by atoms with Gasteiger partial charge < -0.3 is 18.2 Å². The second kappa shape index (κ2) is 47.3. The molecule has 0 rings (SSSR count). The van der Waals surface area contributed by atoms with E-state index in [1.54, 1.807) is 0 Å². The molecule has 0 aromatic carbocycles. The molecule has 1 amide bonds. The lowest BCUT2D eigenvalue weighted by molar-refractivity contribution is -0.126. The zero-order chi connectivity index (χ0) is 37.7. The summed E-state index contributed by atoms with van der Waals surface area (Å²) in [6.45, 7) is 18.0. The van der Waals surface area contributed by atoms with Crippen LogP contribution in [0.2, 0.25) is 0 Å². The van der Waals surface area contributed by atoms with Crippen molar-refractivity contribution >= 4 is 15.4 Å². The van der Waals surface area contributed by atoms with E-state index in [2.05, 4.69) is 25.3 Å². The molecule has 0 aromatic heterocycles. The minimum absolute atomic E-state index is 0.131. The molecular weight excluding hydrogens is 647 g/mol. The van der Waals surface area contributed by atoms with Crippen LogP contribution in [0.15, 0.2) is 12.7 Å². The number of amides is 1. The smallest absolute Gasteiger partial charge is 0.376 e. The highest BCUT2D eigenvalue weighted by Crippen LogP contribution is 2.16. The van der Waals surface area contributed by atoms with Crippen LogP contribution in [-0.2, 0) is 18.1 Å². The summed E-state index contributed by atoms with van der Waals surface area (Å²) in [5, 5.41) is 0. The first-order chi connectivity index (χ1) is 25.1. The summed E-state index contributed by atoms with van der Waals surface area (Å²) < 4.78 is 15.7. The maximum atomic E-state index is 12.3. The fraction of sp³-hybridized carbons (Fsp3) is 0.933. The molecule has 0 N–H and O–H groups in total. The molecule has 0 fully saturated rings. The van der Waals surface area contributed by atoms with E-state index in [9.17, 15) is 4.79 Å². The van der Waals surface area contributed by atoms with E-state index in [1.165, 1.54) is 199 Å². The fourth-order valence-electron chi connectivity index (χ4n) is 6.72. The van der Waals surface area contributed by atoms with Crippen LogP contribution >= 0.6 is 0 Å². The van der Waals surface area contributed by atoms with Gasteiger partial charge in [0.25, 0.3) is 0 Å². The van der Waals surface area contributed by atoms with E-state index in [1.807, 2.05) is 20.8 Å². The molecule has 0 aromatic rings. The summed E-state index contributed by atoms with van der Waals surface area (Å²) in [5.74, 6) is 0.131. The summed E-state index contributed by atoms with van der Waals surface area (Å²) in [6.07, 6.45) is 46.0. The first kappa shape index (κ1) is 52.4. The molecule has 0 aliphatic heterocycles. The Labute approximate surface area is 323 Å². The first-order valence-corrected chi connectivity index (χ1v) is 24.3. The normalized spacial score (nSPS) is 11.2. The van der Waals surface area contributed by atoms with Gasteiger partial charge in [-0.2, -0.15) is 0 Å². The average Bonchev–Trinajstić information content (AvgIpc) is 3.13. The quantitative estimate of drug-likeness (QED) is 0.0356. The molecular formula is C45H93NO4Si. The van der Waals surface area contributed by atoms with Crippen LogP contribution in [0, 0.1) is 0 Å². The average molecular weight is 740 g/mol. The Kier molecular flexibility index (Phi) is 48.6. The van der Waals surface area contributed by atoms with Gasteiger partial charge in [-0.25, -0.2) is 0 Å². The standard InChI is InChI=1S/C39H77NO.C6H16O3Si/c1-4-7-9-11-13-15-17-19-21-23-25-27-29-31-33-35-37-40(39(41)6-3)38-36-34-32-30-28-26-24-22-20-18-16-14-12-10-8-5-2;1-4-7-10(8-5-2)9-6-3/h6H,3-5,7-38H2,1-2H3;10H,4-6H2,1-3H3. The van der Waals surface area contributed by atoms with Crippen molar-refractivity contribution in [3.8, 4) is 0 Å². The summed E-state index contributed by atoms with van der Waals surface area (Å²) >= 11 is 0. The van der Waals surface area contributed by atoms with E-state index in [0.29, 0.717) is 19.8 Å². The molecule has 0 atom stereocenters. The number of hydrogen-bond donors (Lipinski definition) is 0. The van der Waals surface area contributed by atoms with Crippen molar-refractivity contribution in [1.82, 2.24) is 4.90 Å². The summed E-state index contributed by atoms with van der Waals surface area (Å²) in [5.41, 5.74) is 0. The predicted octanol–water partition coefficient (Wildman–Crippen LogP) is 14.3. The number of hydrogen-bond acceptors (Lipinski definition) is 4. The molecule has 0 aliphatic rings. The van der Waals surface area contributed by atoms with Crippen molar-refractivity contribution in [1.29, 1.82) is 0 Å². The van der Waals surface area contributed by atoms with Crippen molar-refractivity contribution in [2.75, 3.05) is 32.9 Å². The molecule has 0 saturated heterocycles. The van der Waals surface area contributed by atoms with Crippen LogP contribution in [0.5, 0.6) is 0 Å². The number of nitrogens with zero attached hydrogens (tertiary/aromatic N) is 1. The van der Waals surface area contributed by atoms with E-state index in [0.717, 1.165) is 25.9 Å². The van der Waals surface area contributed by atoms with E-state index < -0.39 is 9.53 Å². The molecule has 0 unspecified atom stereocenters. The lowest BCUT2D eigenvalue weighted by atomic mass is 10.0. The Morgan fingerprint density at radius 3 is 0.824 bits per heavy atom. The highest BCUT2D eigenvalue weighted by atomic mass is 28.3. The Balaban J connectivity index is 0. The Morgan fingerprint density at radius 2 is 0.627 bits per heavy atom. The van der Waals surface area contributed by atoms with Crippen LogP contribution in [0.1, 0.15) is 240 Å². The Bertz CT molecular complexity index is 614. The van der Waals surface area contributed by atoms with E-state index >= 15 is 0 Å². The number of rotatable bonds is 41. The van der Waals surface area contributed by atoms with Gasteiger partial charge in [0.05, 0.1) is 0 Å². The summed E-state index contributed by atoms with van der Waals surface area (Å²) in [7, 11) is -1.73. The van der Waals surface area contributed by atoms with Gasteiger partial charge >= 0.3 is 9.53 Å². The van der Waals surface area contributed by atoms with Gasteiger partial charge in [-0.1, -0.05) is 213 Å². The third-order valence-corrected chi connectivity index (χ3v) is 11.8. The zero-order valence-electron chi connectivity index (χ0n) is 35.6. The maximum absolute atomic E-state index is 12.3. The van der Waals surface area contributed by atoms with Crippen LogP contribution in [-0.4, -0.2) is 53.2 Å². The molecule has 5 nitrogen and oxygen atoms in total. The second-order valence-electron chi connectivity index (χ2n) is 14.8. The first-order valence-electron chi connectivity index (χ1n) is 22.9. The van der Waals surface area contributed by atoms with Crippen LogP contribution < -0.4 is 0 Å². The minimum atomic E-state index is -1.73. The van der Waals surface area contributed by atoms with E-state index in [4.69, 9.17) is 13.3 Å². The van der Waals surface area contributed by atoms with Crippen molar-refractivity contribution in [2.24, 2.45) is 0 Å². The molecule has 51 heavy (non-hydrogen) atoms. The van der Waals surface area contributed by atoms with Gasteiger partial charge in [0, 0.05) is 32.9 Å². The third kappa shape index (κ3) is 43.6. The monoisotopic (exact) mass is 740 g/mol. The molecule has 0 spiro atoms. The summed E-state index contributed by atoms with van der Waals surface area (Å²) in [4.78, 5) is 14.4. The van der Waals surface area contributed by atoms with Gasteiger partial charge in [0.15, 0.2) is 0 Å². The number of carbonyl (C=O) groups is 1. The van der Waals surface area contributed by atoms with Gasteiger partial charge in [0.1, 0.15) is 0 Å². The highest BCUT2D eigenvalue weighted by Gasteiger charge is 2.11. The molecule has 306 valence electrons. The van der Waals surface area contributed by atoms with Gasteiger partial charge in [-0.05, 0) is 39.7 Å². The Hall–Kier alpha value is -0.693. The van der Waals surface area contributed by atoms with Crippen LogP contribution in [0.25, 0.3) is 0 Å². The van der Waals surface area contributed by atoms with Crippen molar-refractivity contribution < 1.29 is 18.1 Å². The van der Waals surface area contributed by atoms with Gasteiger partial charge in [0.2, 0.25) is 5.91 Å². The van der Waals surface area contributed by atoms with Crippen molar-refractivity contribution in [2.45, 2.75) is 240 Å². The van der Waals surface area contributed by atoms with Crippen molar-refractivity contribution in [3.05, 3.63) is 12.7 Å². The number of carbonyl (C=O) groups excluding carboxylic acids is 1. The van der Waals surface area contributed by atoms with Gasteiger partial charge in [-0.3, -0.25) is 4.79 Å². The zero-order valence-corrected chi connectivity index (χ0v) is 36.8. The number of unbranched alkanes of at least 4 members (excludes halogenated alkanes) is 30. The fourth-order valence-corrected chi connectivity index (χ4v) is 7.82. The SMILES string of the molecule is C=CC(=O)N(CCCCCCCCCCCCCCCCCC)CCCCCCCCCCCCCCCCCC.CCO[SiH](OCC)OCC. The molecule has 0 bridgehead atoms. The Morgan fingerprint density at radius 1 is 0.412 bits per heavy atom. The third-order valence-electron chi connectivity index (χ3n) is 9.96. The van der Waals surface area contributed by atoms with Gasteiger partial charge in [-0.15, -0.1) is 0 Å². The van der Waals surface area contributed by atoms with Crippen LogP contribution in [0.3, 0.4) is 0 Å².